The number of carbonyl (C=O) groups is 2. The number of rotatable bonds is 6. The first-order valence-corrected chi connectivity index (χ1v) is 7.62. The minimum absolute atomic E-state index is 0.0800. The largest absolute Gasteiger partial charge is 0.486 e. The Kier molecular flexibility index (Phi) is 5.76. The van der Waals surface area contributed by atoms with Gasteiger partial charge in [-0.25, -0.2) is 0 Å². The number of nitrogens with zero attached hydrogens (tertiary/aromatic N) is 1. The van der Waals surface area contributed by atoms with Crippen molar-refractivity contribution in [1.29, 1.82) is 0 Å². The average molecular weight is 318 g/mol. The lowest BCUT2D eigenvalue weighted by Gasteiger charge is -2.19. The van der Waals surface area contributed by atoms with Crippen LogP contribution in [-0.4, -0.2) is 49.6 Å². The first-order chi connectivity index (χ1) is 11.0. The van der Waals surface area contributed by atoms with Crippen molar-refractivity contribution in [1.82, 2.24) is 4.90 Å². The predicted octanol–water partition coefficient (Wildman–Crippen LogP) is 2.07. The van der Waals surface area contributed by atoms with Gasteiger partial charge in [0.2, 0.25) is 5.91 Å². The van der Waals surface area contributed by atoms with E-state index in [0.717, 1.165) is 6.42 Å². The third kappa shape index (κ3) is 4.32. The molecule has 0 bridgehead atoms. The summed E-state index contributed by atoms with van der Waals surface area (Å²) in [6.45, 7) is 7.11. The Morgan fingerprint density at radius 2 is 2.30 bits per heavy atom. The van der Waals surface area contributed by atoms with Crippen molar-refractivity contribution in [3.05, 3.63) is 36.4 Å². The Labute approximate surface area is 136 Å². The van der Waals surface area contributed by atoms with Crippen LogP contribution in [0.25, 0.3) is 0 Å². The third-order valence-corrected chi connectivity index (χ3v) is 3.67. The normalized spacial score (nSPS) is 16.7. The zero-order valence-electron chi connectivity index (χ0n) is 13.5. The van der Waals surface area contributed by atoms with Crippen LogP contribution < -0.4 is 10.1 Å². The summed E-state index contributed by atoms with van der Waals surface area (Å²) in [5.74, 6) is 0.0370. The van der Waals surface area contributed by atoms with Crippen LogP contribution in [0.4, 0.5) is 5.69 Å². The van der Waals surface area contributed by atoms with E-state index >= 15 is 0 Å². The van der Waals surface area contributed by atoms with E-state index in [1.165, 1.54) is 6.08 Å². The van der Waals surface area contributed by atoms with Gasteiger partial charge in [-0.3, -0.25) is 9.59 Å². The second-order valence-corrected chi connectivity index (χ2v) is 5.33. The second-order valence-electron chi connectivity index (χ2n) is 5.33. The maximum absolute atomic E-state index is 12.3. The fourth-order valence-corrected chi connectivity index (χ4v) is 2.19. The van der Waals surface area contributed by atoms with Gasteiger partial charge in [0.15, 0.2) is 0 Å². The summed E-state index contributed by atoms with van der Waals surface area (Å²) < 4.78 is 11.2. The van der Waals surface area contributed by atoms with E-state index in [1.54, 1.807) is 30.1 Å². The number of carbonyl (C=O) groups excluding carboxylic acids is 2. The Bertz CT molecular complexity index is 594. The van der Waals surface area contributed by atoms with E-state index in [-0.39, 0.29) is 17.9 Å². The number of anilines is 1. The molecule has 124 valence electrons. The highest BCUT2D eigenvalue weighted by molar-refractivity contribution is 6.01. The maximum atomic E-state index is 12.3. The number of ether oxygens (including phenoxy) is 2. The third-order valence-electron chi connectivity index (χ3n) is 3.67. The molecule has 1 atom stereocenters. The van der Waals surface area contributed by atoms with E-state index in [0.29, 0.717) is 36.8 Å². The van der Waals surface area contributed by atoms with Gasteiger partial charge in [-0.2, -0.15) is 0 Å². The highest BCUT2D eigenvalue weighted by atomic mass is 16.5. The zero-order chi connectivity index (χ0) is 16.8. The number of benzene rings is 1. The minimum Gasteiger partial charge on any atom is -0.486 e. The molecule has 1 aromatic carbocycles. The summed E-state index contributed by atoms with van der Waals surface area (Å²) in [5.41, 5.74) is 1.03. The van der Waals surface area contributed by atoms with Crippen LogP contribution in [0.3, 0.4) is 0 Å². The van der Waals surface area contributed by atoms with Crippen molar-refractivity contribution in [3.63, 3.8) is 0 Å². The molecule has 1 aliphatic heterocycles. The van der Waals surface area contributed by atoms with Crippen molar-refractivity contribution >= 4 is 17.5 Å². The van der Waals surface area contributed by atoms with Gasteiger partial charge in [-0.05, 0) is 31.2 Å². The molecule has 1 fully saturated rings. The highest BCUT2D eigenvalue weighted by Crippen LogP contribution is 2.29. The lowest BCUT2D eigenvalue weighted by atomic mass is 10.1. The molecule has 23 heavy (non-hydrogen) atoms. The summed E-state index contributed by atoms with van der Waals surface area (Å²) in [6, 6.07) is 5.00. The lowest BCUT2D eigenvalue weighted by Crippen LogP contribution is -2.26. The molecule has 0 aromatic heterocycles. The number of amides is 2. The molecule has 6 heteroatoms. The van der Waals surface area contributed by atoms with E-state index < -0.39 is 0 Å². The van der Waals surface area contributed by atoms with Crippen LogP contribution in [-0.2, 0) is 9.53 Å². The molecule has 0 radical (unpaired) electrons. The topological polar surface area (TPSA) is 67.9 Å². The van der Waals surface area contributed by atoms with Crippen LogP contribution in [0, 0.1) is 0 Å². The number of hydrogen-bond donors (Lipinski definition) is 1. The smallest absolute Gasteiger partial charge is 0.253 e. The maximum Gasteiger partial charge on any atom is 0.253 e. The Morgan fingerprint density at radius 1 is 1.52 bits per heavy atom. The second kappa shape index (κ2) is 7.78. The molecule has 0 spiro atoms. The molecule has 1 N–H and O–H groups in total. The quantitative estimate of drug-likeness (QED) is 0.815. The Hall–Kier alpha value is -2.34. The molecule has 0 aliphatic carbocycles. The first-order valence-electron chi connectivity index (χ1n) is 7.62. The van der Waals surface area contributed by atoms with E-state index in [4.69, 9.17) is 9.47 Å². The molecule has 6 nitrogen and oxygen atoms in total. The van der Waals surface area contributed by atoms with E-state index in [2.05, 4.69) is 11.9 Å². The first kappa shape index (κ1) is 17.0. The standard InChI is InChI=1S/C17H22N2O4/c1-4-16(20)18-14-7-6-12(17(21)19(3)5-2)10-15(14)23-13-8-9-22-11-13/h4,6-7,10,13H,1,5,8-9,11H2,2-3H3,(H,18,20). The van der Waals surface area contributed by atoms with Crippen LogP contribution in [0.15, 0.2) is 30.9 Å². The molecule has 2 rings (SSSR count). The molecule has 2 amide bonds. The van der Waals surface area contributed by atoms with Crippen LogP contribution in [0.2, 0.25) is 0 Å². The van der Waals surface area contributed by atoms with Gasteiger partial charge in [0.25, 0.3) is 5.91 Å². The molecule has 1 aliphatic rings. The van der Waals surface area contributed by atoms with Crippen molar-refractivity contribution in [2.24, 2.45) is 0 Å². The molecule has 0 saturated carbocycles. The van der Waals surface area contributed by atoms with Crippen LogP contribution in [0.5, 0.6) is 5.75 Å². The summed E-state index contributed by atoms with van der Waals surface area (Å²) in [6.07, 6.45) is 1.89. The van der Waals surface area contributed by atoms with Crippen molar-refractivity contribution < 1.29 is 19.1 Å². The molecular weight excluding hydrogens is 296 g/mol. The molecule has 1 heterocycles. The van der Waals surface area contributed by atoms with E-state index in [1.807, 2.05) is 6.92 Å². The average Bonchev–Trinajstić information content (AvgIpc) is 3.07. The molecule has 1 saturated heterocycles. The molecule has 1 unspecified atom stereocenters. The predicted molar refractivity (Wildman–Crippen MR) is 87.8 cm³/mol. The Morgan fingerprint density at radius 3 is 2.91 bits per heavy atom. The molecule has 1 aromatic rings. The minimum atomic E-state index is -0.331. The summed E-state index contributed by atoms with van der Waals surface area (Å²) >= 11 is 0. The summed E-state index contributed by atoms with van der Waals surface area (Å²) in [5, 5.41) is 2.70. The monoisotopic (exact) mass is 318 g/mol. The van der Waals surface area contributed by atoms with E-state index in [9.17, 15) is 9.59 Å². The van der Waals surface area contributed by atoms with Gasteiger partial charge in [0, 0.05) is 25.6 Å². The fourth-order valence-electron chi connectivity index (χ4n) is 2.19. The van der Waals surface area contributed by atoms with Gasteiger partial charge < -0.3 is 19.7 Å². The summed E-state index contributed by atoms with van der Waals surface area (Å²) in [4.78, 5) is 25.5. The Balaban J connectivity index is 2.28. The van der Waals surface area contributed by atoms with Crippen molar-refractivity contribution in [3.8, 4) is 5.75 Å². The van der Waals surface area contributed by atoms with Gasteiger partial charge in [0.05, 0.1) is 18.9 Å². The van der Waals surface area contributed by atoms with Crippen molar-refractivity contribution in [2.75, 3.05) is 32.1 Å². The highest BCUT2D eigenvalue weighted by Gasteiger charge is 2.21. The van der Waals surface area contributed by atoms with Gasteiger partial charge in [-0.1, -0.05) is 6.58 Å². The lowest BCUT2D eigenvalue weighted by molar-refractivity contribution is -0.111. The zero-order valence-corrected chi connectivity index (χ0v) is 13.5. The van der Waals surface area contributed by atoms with Gasteiger partial charge in [0.1, 0.15) is 11.9 Å². The fraction of sp³-hybridized carbons (Fsp3) is 0.412. The molecular formula is C17H22N2O4. The van der Waals surface area contributed by atoms with Crippen molar-refractivity contribution in [2.45, 2.75) is 19.4 Å². The number of hydrogen-bond acceptors (Lipinski definition) is 4. The summed E-state index contributed by atoms with van der Waals surface area (Å²) in [7, 11) is 1.74. The van der Waals surface area contributed by atoms with Crippen LogP contribution in [0.1, 0.15) is 23.7 Å². The van der Waals surface area contributed by atoms with Gasteiger partial charge in [-0.15, -0.1) is 0 Å². The SMILES string of the molecule is C=CC(=O)Nc1ccc(C(=O)N(C)CC)cc1OC1CCOC1. The van der Waals surface area contributed by atoms with Gasteiger partial charge >= 0.3 is 0 Å². The van der Waals surface area contributed by atoms with Crippen LogP contribution >= 0.6 is 0 Å². The number of nitrogens with one attached hydrogen (secondary N) is 1.